The summed E-state index contributed by atoms with van der Waals surface area (Å²) in [4.78, 5) is 3.39. The van der Waals surface area contributed by atoms with Crippen molar-refractivity contribution in [2.45, 2.75) is 18.9 Å². The third kappa shape index (κ3) is 4.28. The Morgan fingerprint density at radius 2 is 1.68 bits per heavy atom. The molecule has 0 amide bonds. The number of aromatic amines is 1. The molecule has 1 heterocycles. The van der Waals surface area contributed by atoms with Crippen LogP contribution >= 0.6 is 0 Å². The fourth-order valence-corrected chi connectivity index (χ4v) is 4.12. The molecule has 31 heavy (non-hydrogen) atoms. The third-order valence-electron chi connectivity index (χ3n) is 5.80. The van der Waals surface area contributed by atoms with Gasteiger partial charge in [-0.15, -0.1) is 0 Å². The lowest BCUT2D eigenvalue weighted by molar-refractivity contribution is 0.350. The Hall–Kier alpha value is -3.31. The van der Waals surface area contributed by atoms with E-state index < -0.39 is 0 Å². The van der Waals surface area contributed by atoms with Gasteiger partial charge in [-0.05, 0) is 42.3 Å². The second-order valence-electron chi connectivity index (χ2n) is 7.61. The minimum absolute atomic E-state index is 0.0177. The van der Waals surface area contributed by atoms with Crippen molar-refractivity contribution in [2.75, 3.05) is 20.8 Å². The van der Waals surface area contributed by atoms with Crippen LogP contribution in [-0.4, -0.2) is 25.7 Å². The molecular weight excluding hydrogens is 391 g/mol. The molecule has 0 saturated heterocycles. The summed E-state index contributed by atoms with van der Waals surface area (Å²) in [6.07, 6.45) is 2.07. The van der Waals surface area contributed by atoms with Gasteiger partial charge < -0.3 is 19.8 Å². The van der Waals surface area contributed by atoms with Gasteiger partial charge in [-0.3, -0.25) is 0 Å². The second kappa shape index (κ2) is 9.23. The smallest absolute Gasteiger partial charge is 0.164 e. The number of nitrogens with one attached hydrogen (secondary N) is 2. The summed E-state index contributed by atoms with van der Waals surface area (Å²) in [6, 6.07) is 20.9. The molecule has 0 bridgehead atoms. The minimum atomic E-state index is -0.228. The number of ether oxygens (including phenoxy) is 2. The third-order valence-corrected chi connectivity index (χ3v) is 5.80. The lowest BCUT2D eigenvalue weighted by Gasteiger charge is -2.24. The molecule has 4 nitrogen and oxygen atoms in total. The maximum absolute atomic E-state index is 13.3. The van der Waals surface area contributed by atoms with Gasteiger partial charge >= 0.3 is 0 Å². The van der Waals surface area contributed by atoms with E-state index in [1.807, 2.05) is 36.4 Å². The fraction of sp³-hybridized carbons (Fsp3) is 0.231. The number of fused-ring (bicyclic) bond motifs is 1. The first kappa shape index (κ1) is 20.9. The van der Waals surface area contributed by atoms with Gasteiger partial charge in [-0.25, -0.2) is 4.39 Å². The van der Waals surface area contributed by atoms with Crippen LogP contribution in [0.2, 0.25) is 0 Å². The number of aromatic nitrogens is 1. The van der Waals surface area contributed by atoms with Gasteiger partial charge in [-0.2, -0.15) is 0 Å². The van der Waals surface area contributed by atoms with E-state index in [1.165, 1.54) is 23.1 Å². The summed E-state index contributed by atoms with van der Waals surface area (Å²) in [5.41, 5.74) is 4.36. The molecule has 160 valence electrons. The molecule has 3 aromatic carbocycles. The van der Waals surface area contributed by atoms with Crippen LogP contribution in [0.4, 0.5) is 4.39 Å². The van der Waals surface area contributed by atoms with Gasteiger partial charge in [0, 0.05) is 41.2 Å². The first-order valence-electron chi connectivity index (χ1n) is 10.4. The molecule has 4 rings (SSSR count). The van der Waals surface area contributed by atoms with Gasteiger partial charge in [-0.1, -0.05) is 42.5 Å². The van der Waals surface area contributed by atoms with Crippen LogP contribution in [0.3, 0.4) is 0 Å². The normalized spacial score (nSPS) is 13.2. The number of methoxy groups -OCH3 is 2. The molecule has 0 unspecified atom stereocenters. The fourth-order valence-electron chi connectivity index (χ4n) is 4.12. The van der Waals surface area contributed by atoms with Crippen molar-refractivity contribution in [1.82, 2.24) is 10.3 Å². The molecule has 2 N–H and O–H groups in total. The number of H-pyrrole nitrogens is 1. The Morgan fingerprint density at radius 1 is 0.903 bits per heavy atom. The van der Waals surface area contributed by atoms with E-state index in [0.717, 1.165) is 22.4 Å². The van der Waals surface area contributed by atoms with Crippen LogP contribution in [-0.2, 0) is 0 Å². The van der Waals surface area contributed by atoms with Crippen molar-refractivity contribution in [1.29, 1.82) is 0 Å². The van der Waals surface area contributed by atoms with Crippen LogP contribution < -0.4 is 14.8 Å². The summed E-state index contributed by atoms with van der Waals surface area (Å²) in [7, 11) is 3.32. The van der Waals surface area contributed by atoms with Crippen molar-refractivity contribution < 1.29 is 13.9 Å². The maximum Gasteiger partial charge on any atom is 0.164 e. The zero-order chi connectivity index (χ0) is 21.8. The molecule has 0 radical (unpaired) electrons. The zero-order valence-electron chi connectivity index (χ0n) is 18.0. The average Bonchev–Trinajstić information content (AvgIpc) is 3.23. The highest BCUT2D eigenvalue weighted by molar-refractivity contribution is 5.84. The van der Waals surface area contributed by atoms with Gasteiger partial charge in [0.15, 0.2) is 11.5 Å². The molecule has 4 aromatic rings. The van der Waals surface area contributed by atoms with Gasteiger partial charge in [0.2, 0.25) is 0 Å². The van der Waals surface area contributed by atoms with Crippen molar-refractivity contribution in [3.05, 3.63) is 95.4 Å². The monoisotopic (exact) mass is 418 g/mol. The number of halogens is 1. The Labute approximate surface area is 182 Å². The molecule has 0 fully saturated rings. The van der Waals surface area contributed by atoms with Crippen LogP contribution in [0.15, 0.2) is 72.9 Å². The molecule has 0 aliphatic carbocycles. The first-order valence-corrected chi connectivity index (χ1v) is 10.4. The maximum atomic E-state index is 13.3. The van der Waals surface area contributed by atoms with Crippen molar-refractivity contribution in [3.8, 4) is 11.5 Å². The largest absolute Gasteiger partial charge is 0.493 e. The van der Waals surface area contributed by atoms with E-state index in [1.54, 1.807) is 14.2 Å². The number of hydrogen-bond acceptors (Lipinski definition) is 3. The van der Waals surface area contributed by atoms with Crippen LogP contribution in [0.25, 0.3) is 10.9 Å². The van der Waals surface area contributed by atoms with E-state index >= 15 is 0 Å². The van der Waals surface area contributed by atoms with Gasteiger partial charge in [0.25, 0.3) is 0 Å². The van der Waals surface area contributed by atoms with Gasteiger partial charge in [0.05, 0.1) is 14.2 Å². The predicted molar refractivity (Wildman–Crippen MR) is 123 cm³/mol. The van der Waals surface area contributed by atoms with Crippen LogP contribution in [0.5, 0.6) is 11.5 Å². The number of rotatable bonds is 8. The molecular formula is C26H27FN2O2. The van der Waals surface area contributed by atoms with E-state index in [2.05, 4.69) is 41.6 Å². The lowest BCUT2D eigenvalue weighted by Crippen LogP contribution is -2.25. The zero-order valence-corrected chi connectivity index (χ0v) is 18.0. The first-order chi connectivity index (χ1) is 15.1. The summed E-state index contributed by atoms with van der Waals surface area (Å²) in [5.74, 6) is 1.23. The molecule has 5 heteroatoms. The molecule has 0 aliphatic rings. The number of para-hydroxylation sites is 2. The Bertz CT molecular complexity index is 1150. The summed E-state index contributed by atoms with van der Waals surface area (Å²) >= 11 is 0. The van der Waals surface area contributed by atoms with Crippen LogP contribution in [0.1, 0.15) is 35.6 Å². The highest BCUT2D eigenvalue weighted by Crippen LogP contribution is 2.40. The second-order valence-corrected chi connectivity index (χ2v) is 7.61. The highest BCUT2D eigenvalue weighted by atomic mass is 19.1. The minimum Gasteiger partial charge on any atom is -0.493 e. The molecule has 0 aliphatic heterocycles. The Kier molecular flexibility index (Phi) is 6.23. The van der Waals surface area contributed by atoms with Crippen molar-refractivity contribution >= 4 is 10.9 Å². The lowest BCUT2D eigenvalue weighted by atomic mass is 9.89. The average molecular weight is 419 g/mol. The predicted octanol–water partition coefficient (Wildman–Crippen LogP) is 5.81. The topological polar surface area (TPSA) is 46.3 Å². The van der Waals surface area contributed by atoms with E-state index in [0.29, 0.717) is 12.3 Å². The summed E-state index contributed by atoms with van der Waals surface area (Å²) < 4.78 is 24.6. The van der Waals surface area contributed by atoms with E-state index in [-0.39, 0.29) is 17.8 Å². The standard InChI is InChI=1S/C26H27FN2O2/c1-17(18-11-13-19(27)14-12-18)28-15-23(21-8-6-10-25(30-2)26(21)31-3)22-16-29-24-9-5-4-7-20(22)24/h4-14,16-17,23,28-29H,15H2,1-3H3/t17-,23-/m0/s1. The van der Waals surface area contributed by atoms with Crippen molar-refractivity contribution in [2.24, 2.45) is 0 Å². The van der Waals surface area contributed by atoms with E-state index in [9.17, 15) is 4.39 Å². The van der Waals surface area contributed by atoms with Crippen molar-refractivity contribution in [3.63, 3.8) is 0 Å². The summed E-state index contributed by atoms with van der Waals surface area (Å²) in [6.45, 7) is 2.76. The molecule has 1 aromatic heterocycles. The van der Waals surface area contributed by atoms with Crippen LogP contribution in [0, 0.1) is 5.82 Å². The highest BCUT2D eigenvalue weighted by Gasteiger charge is 2.24. The van der Waals surface area contributed by atoms with Gasteiger partial charge in [0.1, 0.15) is 5.82 Å². The molecule has 0 spiro atoms. The molecule has 2 atom stereocenters. The molecule has 0 saturated carbocycles. The Morgan fingerprint density at radius 3 is 2.42 bits per heavy atom. The Balaban J connectivity index is 1.72. The number of benzene rings is 3. The quantitative estimate of drug-likeness (QED) is 0.380. The van der Waals surface area contributed by atoms with E-state index in [4.69, 9.17) is 9.47 Å². The summed E-state index contributed by atoms with van der Waals surface area (Å²) in [5, 5.41) is 4.80. The SMILES string of the molecule is COc1cccc([C@H](CN[C@@H](C)c2ccc(F)cc2)c2c[nH]c3ccccc23)c1OC. The number of hydrogen-bond donors (Lipinski definition) is 2.